The molecule has 3 rings (SSSR count). The van der Waals surface area contributed by atoms with Crippen LogP contribution in [0.2, 0.25) is 6.32 Å². The molecular formula is C25H33BN2O5. The highest BCUT2D eigenvalue weighted by Gasteiger charge is 2.48. The number of carbonyl (C=O) groups excluding carboxylic acids is 1. The van der Waals surface area contributed by atoms with E-state index in [1.54, 1.807) is 6.92 Å². The van der Waals surface area contributed by atoms with E-state index in [4.69, 9.17) is 15.8 Å². The first-order valence-electron chi connectivity index (χ1n) is 11.5. The highest BCUT2D eigenvalue weighted by molar-refractivity contribution is 6.40. The van der Waals surface area contributed by atoms with Crippen molar-refractivity contribution >= 4 is 18.9 Å². The Hall–Kier alpha value is -2.52. The molecule has 8 heteroatoms. The monoisotopic (exact) mass is 452 g/mol. The molecule has 0 aliphatic heterocycles. The fourth-order valence-corrected chi connectivity index (χ4v) is 4.41. The number of hydrogen-bond donors (Lipinski definition) is 5. The number of ketones is 1. The molecule has 1 aliphatic carbocycles. The molecule has 1 unspecified atom stereocenters. The Morgan fingerprint density at radius 1 is 1.03 bits per heavy atom. The van der Waals surface area contributed by atoms with E-state index in [0.29, 0.717) is 44.2 Å². The van der Waals surface area contributed by atoms with Gasteiger partial charge in [0.1, 0.15) is 5.54 Å². The van der Waals surface area contributed by atoms with Gasteiger partial charge < -0.3 is 26.2 Å². The van der Waals surface area contributed by atoms with Crippen LogP contribution in [0.4, 0.5) is 0 Å². The number of nitrogens with one attached hydrogen (secondary N) is 1. The minimum absolute atomic E-state index is 0.0537. The lowest BCUT2D eigenvalue weighted by molar-refractivity contribution is -0.148. The number of hydrogen-bond acceptors (Lipinski definition) is 6. The second kappa shape index (κ2) is 11.1. The lowest BCUT2D eigenvalue weighted by atomic mass is 9.66. The summed E-state index contributed by atoms with van der Waals surface area (Å²) in [4.78, 5) is 23.2. The largest absolute Gasteiger partial charge is 0.480 e. The highest BCUT2D eigenvalue weighted by Crippen LogP contribution is 2.38. The van der Waals surface area contributed by atoms with Crippen LogP contribution in [0.3, 0.4) is 0 Å². The molecule has 33 heavy (non-hydrogen) atoms. The van der Waals surface area contributed by atoms with E-state index >= 15 is 0 Å². The van der Waals surface area contributed by atoms with Crippen LogP contribution in [0.5, 0.6) is 0 Å². The van der Waals surface area contributed by atoms with Crippen molar-refractivity contribution in [3.8, 4) is 11.1 Å². The van der Waals surface area contributed by atoms with Gasteiger partial charge in [-0.2, -0.15) is 0 Å². The van der Waals surface area contributed by atoms with Gasteiger partial charge in [0, 0.05) is 18.2 Å². The number of unbranched alkanes of at least 4 members (excludes halogenated alkanes) is 1. The average Bonchev–Trinajstić information content (AvgIpc) is 2.76. The molecule has 0 spiro atoms. The second-order valence-electron chi connectivity index (χ2n) is 9.15. The number of Topliss-reactive ketones (excluding diaryl/α,β-unsaturated/α-hetero) is 1. The van der Waals surface area contributed by atoms with Gasteiger partial charge in [-0.25, -0.2) is 0 Å². The molecule has 0 amide bonds. The van der Waals surface area contributed by atoms with Gasteiger partial charge in [-0.15, -0.1) is 0 Å². The number of carboxylic acids is 1. The molecule has 176 valence electrons. The van der Waals surface area contributed by atoms with Crippen molar-refractivity contribution in [2.45, 2.75) is 63.5 Å². The van der Waals surface area contributed by atoms with Gasteiger partial charge in [0.2, 0.25) is 0 Å². The van der Waals surface area contributed by atoms with Gasteiger partial charge >= 0.3 is 13.1 Å². The van der Waals surface area contributed by atoms with Crippen molar-refractivity contribution < 1.29 is 24.7 Å². The Morgan fingerprint density at radius 3 is 2.12 bits per heavy atom. The summed E-state index contributed by atoms with van der Waals surface area (Å²) in [5.74, 6) is -1.02. The van der Waals surface area contributed by atoms with Crippen LogP contribution in [-0.4, -0.2) is 45.6 Å². The van der Waals surface area contributed by atoms with Crippen molar-refractivity contribution in [2.75, 3.05) is 0 Å². The Kier molecular flexibility index (Phi) is 8.43. The summed E-state index contributed by atoms with van der Waals surface area (Å²) >= 11 is 0. The average molecular weight is 452 g/mol. The summed E-state index contributed by atoms with van der Waals surface area (Å²) in [7, 11) is -1.36. The highest BCUT2D eigenvalue weighted by atomic mass is 16.4. The second-order valence-corrected chi connectivity index (χ2v) is 9.15. The van der Waals surface area contributed by atoms with E-state index in [-0.39, 0.29) is 24.1 Å². The van der Waals surface area contributed by atoms with Crippen LogP contribution in [0.15, 0.2) is 48.5 Å². The molecule has 6 N–H and O–H groups in total. The fourth-order valence-electron chi connectivity index (χ4n) is 4.41. The molecule has 7 nitrogen and oxygen atoms in total. The topological polar surface area (TPSA) is 133 Å². The molecule has 2 aromatic carbocycles. The summed E-state index contributed by atoms with van der Waals surface area (Å²) in [6.45, 7) is 2.25. The van der Waals surface area contributed by atoms with Crippen LogP contribution < -0.4 is 11.1 Å². The Labute approximate surface area is 195 Å². The van der Waals surface area contributed by atoms with Crippen molar-refractivity contribution in [3.05, 3.63) is 59.7 Å². The zero-order valence-electron chi connectivity index (χ0n) is 19.0. The number of nitrogens with two attached hydrogens (primary N) is 1. The predicted octanol–water partition coefficient (Wildman–Crippen LogP) is 2.85. The molecule has 0 aromatic heterocycles. The van der Waals surface area contributed by atoms with Crippen molar-refractivity contribution in [1.29, 1.82) is 0 Å². The molecule has 0 heterocycles. The molecule has 0 bridgehead atoms. The first-order chi connectivity index (χ1) is 15.7. The Morgan fingerprint density at radius 2 is 1.61 bits per heavy atom. The zero-order chi connectivity index (χ0) is 24.0. The third-order valence-electron chi connectivity index (χ3n) is 6.74. The molecule has 1 fully saturated rings. The molecule has 1 saturated carbocycles. The smallest absolute Gasteiger partial charge is 0.451 e. The van der Waals surface area contributed by atoms with Gasteiger partial charge in [0.25, 0.3) is 0 Å². The molecule has 2 aromatic rings. The van der Waals surface area contributed by atoms with E-state index < -0.39 is 18.6 Å². The lowest BCUT2D eigenvalue weighted by Crippen LogP contribution is -2.61. The molecular weight excluding hydrogens is 419 g/mol. The number of carboxylic acid groups (broad SMARTS) is 1. The van der Waals surface area contributed by atoms with Gasteiger partial charge in [-0.3, -0.25) is 9.59 Å². The first-order valence-corrected chi connectivity index (χ1v) is 11.5. The van der Waals surface area contributed by atoms with Crippen LogP contribution in [0.25, 0.3) is 11.1 Å². The summed E-state index contributed by atoms with van der Waals surface area (Å²) in [6.07, 6.45) is 3.08. The summed E-state index contributed by atoms with van der Waals surface area (Å²) in [6, 6.07) is 16.1. The van der Waals surface area contributed by atoms with Crippen molar-refractivity contribution in [1.82, 2.24) is 5.32 Å². The van der Waals surface area contributed by atoms with E-state index in [1.807, 2.05) is 24.3 Å². The maximum absolute atomic E-state index is 11.8. The standard InChI is InChI=1S/C25H33BN2O5/c1-17(29)19-8-10-21(11-9-19)20-6-4-18(5-7-20)16-28-23-14-22(15-23)25(27,24(30)31)12-2-3-13-26(32)33/h4-11,22-23,28,32-33H,2-3,12-16,27H2,1H3,(H,30,31)/t22-,23+,25?. The molecule has 1 aliphatic rings. The van der Waals surface area contributed by atoms with Gasteiger partial charge in [-0.1, -0.05) is 61.4 Å². The maximum Gasteiger partial charge on any atom is 0.451 e. The molecule has 0 saturated heterocycles. The van der Waals surface area contributed by atoms with Crippen molar-refractivity contribution in [2.24, 2.45) is 11.7 Å². The van der Waals surface area contributed by atoms with Crippen LogP contribution in [0, 0.1) is 5.92 Å². The third-order valence-corrected chi connectivity index (χ3v) is 6.74. The Bertz CT molecular complexity index is 942. The Balaban J connectivity index is 1.46. The van der Waals surface area contributed by atoms with E-state index in [0.717, 1.165) is 16.7 Å². The SMILES string of the molecule is CC(=O)c1ccc(-c2ccc(CN[C@H]3C[C@@H](C(N)(CCCCB(O)O)C(=O)O)C3)cc2)cc1. The number of benzene rings is 2. The van der Waals surface area contributed by atoms with E-state index in [2.05, 4.69) is 29.6 Å². The first kappa shape index (κ1) is 25.1. The molecule has 0 radical (unpaired) electrons. The normalized spacial score (nSPS) is 19.4. The summed E-state index contributed by atoms with van der Waals surface area (Å²) < 4.78 is 0. The summed E-state index contributed by atoms with van der Waals surface area (Å²) in [5.41, 5.74) is 8.98. The number of carbonyl (C=O) groups is 2. The van der Waals surface area contributed by atoms with Crippen LogP contribution >= 0.6 is 0 Å². The number of rotatable bonds is 12. The lowest BCUT2D eigenvalue weighted by Gasteiger charge is -2.45. The number of aliphatic carboxylic acids is 1. The maximum atomic E-state index is 11.8. The zero-order valence-corrected chi connectivity index (χ0v) is 19.0. The molecule has 1 atom stereocenters. The third kappa shape index (κ3) is 6.51. The van der Waals surface area contributed by atoms with Gasteiger partial charge in [-0.05, 0) is 55.1 Å². The fraction of sp³-hybridized carbons (Fsp3) is 0.440. The van der Waals surface area contributed by atoms with Crippen LogP contribution in [-0.2, 0) is 11.3 Å². The van der Waals surface area contributed by atoms with E-state index in [1.165, 1.54) is 0 Å². The van der Waals surface area contributed by atoms with E-state index in [9.17, 15) is 14.7 Å². The van der Waals surface area contributed by atoms with Gasteiger partial charge in [0.05, 0.1) is 0 Å². The predicted molar refractivity (Wildman–Crippen MR) is 129 cm³/mol. The quantitative estimate of drug-likeness (QED) is 0.190. The van der Waals surface area contributed by atoms with Crippen molar-refractivity contribution in [3.63, 3.8) is 0 Å². The minimum atomic E-state index is -1.36. The summed E-state index contributed by atoms with van der Waals surface area (Å²) in [5, 5.41) is 31.0. The van der Waals surface area contributed by atoms with Crippen LogP contribution in [0.1, 0.15) is 54.9 Å². The minimum Gasteiger partial charge on any atom is -0.480 e. The van der Waals surface area contributed by atoms with Gasteiger partial charge in [0.15, 0.2) is 5.78 Å².